The van der Waals surface area contributed by atoms with E-state index in [4.69, 9.17) is 4.98 Å². The van der Waals surface area contributed by atoms with Crippen molar-refractivity contribution in [2.75, 3.05) is 0 Å². The second-order valence-corrected chi connectivity index (χ2v) is 8.35. The Bertz CT molecular complexity index is 479. The summed E-state index contributed by atoms with van der Waals surface area (Å²) in [6.07, 6.45) is 7.84. The van der Waals surface area contributed by atoms with E-state index in [0.29, 0.717) is 6.42 Å². The van der Waals surface area contributed by atoms with Gasteiger partial charge in [0.2, 0.25) is 0 Å². The van der Waals surface area contributed by atoms with Crippen LogP contribution in [0, 0.1) is 5.41 Å². The number of hydrogen-bond acceptors (Lipinski definition) is 3. The lowest BCUT2D eigenvalue weighted by molar-refractivity contribution is -0.150. The molecule has 1 aromatic heterocycles. The van der Waals surface area contributed by atoms with E-state index < -0.39 is 11.4 Å². The SMILES string of the molecule is CC(C)(C)c1csc(CC2(C(=O)O)CCCCCCC2)n1. The molecule has 118 valence electrons. The lowest BCUT2D eigenvalue weighted by Gasteiger charge is -2.30. The zero-order valence-corrected chi connectivity index (χ0v) is 14.3. The van der Waals surface area contributed by atoms with Gasteiger partial charge in [0.15, 0.2) is 0 Å². The Kier molecular flexibility index (Phi) is 5.07. The fraction of sp³-hybridized carbons (Fsp3) is 0.765. The number of thiazole rings is 1. The Labute approximate surface area is 131 Å². The van der Waals surface area contributed by atoms with Crippen molar-refractivity contribution in [1.82, 2.24) is 4.98 Å². The Balaban J connectivity index is 2.19. The average Bonchev–Trinajstić information content (AvgIpc) is 2.80. The highest BCUT2D eigenvalue weighted by molar-refractivity contribution is 7.09. The van der Waals surface area contributed by atoms with E-state index in [-0.39, 0.29) is 5.41 Å². The van der Waals surface area contributed by atoms with Gasteiger partial charge in [0.25, 0.3) is 0 Å². The van der Waals surface area contributed by atoms with Crippen molar-refractivity contribution in [3.63, 3.8) is 0 Å². The van der Waals surface area contributed by atoms with Gasteiger partial charge in [0, 0.05) is 17.2 Å². The molecule has 0 aliphatic heterocycles. The molecule has 1 N–H and O–H groups in total. The van der Waals surface area contributed by atoms with Crippen molar-refractivity contribution in [3.05, 3.63) is 16.1 Å². The highest BCUT2D eigenvalue weighted by Crippen LogP contribution is 2.39. The lowest BCUT2D eigenvalue weighted by Crippen LogP contribution is -2.34. The molecule has 3 nitrogen and oxygen atoms in total. The van der Waals surface area contributed by atoms with Crippen molar-refractivity contribution >= 4 is 17.3 Å². The molecule has 1 fully saturated rings. The average molecular weight is 309 g/mol. The standard InChI is InChI=1S/C17H27NO2S/c1-16(2,3)13-12-21-14(18-13)11-17(15(19)20)9-7-5-4-6-8-10-17/h12H,4-11H2,1-3H3,(H,19,20). The minimum absolute atomic E-state index is 0.0338. The first-order valence-electron chi connectivity index (χ1n) is 8.02. The number of rotatable bonds is 3. The molecule has 21 heavy (non-hydrogen) atoms. The molecular formula is C17H27NO2S. The van der Waals surface area contributed by atoms with Crippen LogP contribution in [0.2, 0.25) is 0 Å². The lowest BCUT2D eigenvalue weighted by atomic mass is 9.74. The predicted molar refractivity (Wildman–Crippen MR) is 86.9 cm³/mol. The van der Waals surface area contributed by atoms with Gasteiger partial charge in [-0.15, -0.1) is 11.3 Å². The van der Waals surface area contributed by atoms with Crippen LogP contribution in [0.5, 0.6) is 0 Å². The molecule has 1 aromatic rings. The van der Waals surface area contributed by atoms with Crippen LogP contribution in [0.4, 0.5) is 0 Å². The fourth-order valence-corrected chi connectivity index (χ4v) is 4.24. The van der Waals surface area contributed by atoms with Crippen molar-refractivity contribution in [2.24, 2.45) is 5.41 Å². The van der Waals surface area contributed by atoms with Crippen LogP contribution in [0.1, 0.15) is 76.4 Å². The molecule has 0 radical (unpaired) electrons. The van der Waals surface area contributed by atoms with Gasteiger partial charge in [-0.05, 0) is 12.8 Å². The molecule has 2 rings (SSSR count). The monoisotopic (exact) mass is 309 g/mol. The van der Waals surface area contributed by atoms with Crippen LogP contribution in [-0.2, 0) is 16.6 Å². The van der Waals surface area contributed by atoms with Gasteiger partial charge in [-0.3, -0.25) is 4.79 Å². The van der Waals surface area contributed by atoms with Crippen LogP contribution in [0.3, 0.4) is 0 Å². The minimum atomic E-state index is -0.628. The Morgan fingerprint density at radius 3 is 2.29 bits per heavy atom. The van der Waals surface area contributed by atoms with Crippen LogP contribution < -0.4 is 0 Å². The number of carboxylic acids is 1. The van der Waals surface area contributed by atoms with E-state index in [0.717, 1.165) is 36.4 Å². The maximum absolute atomic E-state index is 11.9. The first-order chi connectivity index (χ1) is 9.83. The molecule has 0 saturated heterocycles. The molecule has 1 aliphatic rings. The number of hydrogen-bond donors (Lipinski definition) is 1. The molecule has 0 aromatic carbocycles. The quantitative estimate of drug-likeness (QED) is 0.872. The second kappa shape index (κ2) is 6.47. The van der Waals surface area contributed by atoms with Gasteiger partial charge in [0.1, 0.15) is 0 Å². The Morgan fingerprint density at radius 1 is 1.24 bits per heavy atom. The number of carbonyl (C=O) groups is 1. The van der Waals surface area contributed by atoms with Gasteiger partial charge >= 0.3 is 5.97 Å². The van der Waals surface area contributed by atoms with E-state index in [1.54, 1.807) is 11.3 Å². The molecule has 0 bridgehead atoms. The fourth-order valence-electron chi connectivity index (χ4n) is 3.07. The summed E-state index contributed by atoms with van der Waals surface area (Å²) in [4.78, 5) is 16.6. The van der Waals surface area contributed by atoms with Gasteiger partial charge < -0.3 is 5.11 Å². The zero-order valence-electron chi connectivity index (χ0n) is 13.4. The van der Waals surface area contributed by atoms with Gasteiger partial charge in [-0.2, -0.15) is 0 Å². The molecule has 0 amide bonds. The van der Waals surface area contributed by atoms with Crippen molar-refractivity contribution in [1.29, 1.82) is 0 Å². The summed E-state index contributed by atoms with van der Waals surface area (Å²) in [5.41, 5.74) is 0.522. The first-order valence-corrected chi connectivity index (χ1v) is 8.90. The zero-order chi connectivity index (χ0) is 15.5. The van der Waals surface area contributed by atoms with E-state index in [2.05, 4.69) is 26.2 Å². The number of aromatic nitrogens is 1. The molecule has 4 heteroatoms. The number of nitrogens with zero attached hydrogens (tertiary/aromatic N) is 1. The summed E-state index contributed by atoms with van der Waals surface area (Å²) < 4.78 is 0. The maximum Gasteiger partial charge on any atom is 0.310 e. The van der Waals surface area contributed by atoms with Crippen molar-refractivity contribution < 1.29 is 9.90 Å². The number of aliphatic carboxylic acids is 1. The van der Waals surface area contributed by atoms with Crippen molar-refractivity contribution in [2.45, 2.75) is 77.6 Å². The summed E-state index contributed by atoms with van der Waals surface area (Å²) in [5, 5.41) is 12.9. The van der Waals surface area contributed by atoms with Gasteiger partial charge in [-0.25, -0.2) is 4.98 Å². The summed E-state index contributed by atoms with van der Waals surface area (Å²) in [6, 6.07) is 0. The minimum Gasteiger partial charge on any atom is -0.481 e. The van der Waals surface area contributed by atoms with Crippen LogP contribution in [0.25, 0.3) is 0 Å². The second-order valence-electron chi connectivity index (χ2n) is 7.41. The summed E-state index contributed by atoms with van der Waals surface area (Å²) in [6.45, 7) is 6.44. The molecule has 0 atom stereocenters. The van der Waals surface area contributed by atoms with E-state index in [1.165, 1.54) is 19.3 Å². The highest BCUT2D eigenvalue weighted by atomic mass is 32.1. The molecule has 1 saturated carbocycles. The highest BCUT2D eigenvalue weighted by Gasteiger charge is 2.39. The van der Waals surface area contributed by atoms with Crippen LogP contribution in [-0.4, -0.2) is 16.1 Å². The molecule has 0 spiro atoms. The predicted octanol–water partition coefficient (Wildman–Crippen LogP) is 4.80. The van der Waals surface area contributed by atoms with Crippen LogP contribution in [0.15, 0.2) is 5.38 Å². The first kappa shape index (κ1) is 16.5. The maximum atomic E-state index is 11.9. The van der Waals surface area contributed by atoms with Gasteiger partial charge in [0.05, 0.1) is 16.1 Å². The largest absolute Gasteiger partial charge is 0.481 e. The van der Waals surface area contributed by atoms with Crippen molar-refractivity contribution in [3.8, 4) is 0 Å². The van der Waals surface area contributed by atoms with E-state index in [1.807, 2.05) is 0 Å². The van der Waals surface area contributed by atoms with E-state index >= 15 is 0 Å². The third kappa shape index (κ3) is 4.06. The molecular weight excluding hydrogens is 282 g/mol. The summed E-state index contributed by atoms with van der Waals surface area (Å²) >= 11 is 1.62. The normalized spacial score (nSPS) is 19.8. The molecule has 1 heterocycles. The third-order valence-corrected chi connectivity index (χ3v) is 5.42. The third-order valence-electron chi connectivity index (χ3n) is 4.57. The molecule has 0 unspecified atom stereocenters. The van der Waals surface area contributed by atoms with Gasteiger partial charge in [-0.1, -0.05) is 52.9 Å². The van der Waals surface area contributed by atoms with Crippen LogP contribution >= 0.6 is 11.3 Å². The Hall–Kier alpha value is -0.900. The topological polar surface area (TPSA) is 50.2 Å². The Morgan fingerprint density at radius 2 is 1.81 bits per heavy atom. The summed E-state index contributed by atoms with van der Waals surface area (Å²) in [7, 11) is 0. The smallest absolute Gasteiger partial charge is 0.310 e. The number of carboxylic acid groups (broad SMARTS) is 1. The summed E-state index contributed by atoms with van der Waals surface area (Å²) in [5.74, 6) is -0.628. The van der Waals surface area contributed by atoms with E-state index in [9.17, 15) is 9.90 Å². The molecule has 1 aliphatic carbocycles.